The molecule has 0 spiro atoms. The van der Waals surface area contributed by atoms with Crippen LogP contribution >= 0.6 is 0 Å². The summed E-state index contributed by atoms with van der Waals surface area (Å²) in [5.74, 6) is 0.341. The average molecular weight is 270 g/mol. The van der Waals surface area contributed by atoms with Gasteiger partial charge in [0.05, 0.1) is 17.9 Å². The first-order valence-corrected chi connectivity index (χ1v) is 6.65. The summed E-state index contributed by atoms with van der Waals surface area (Å²) in [4.78, 5) is 20.3. The second-order valence-corrected chi connectivity index (χ2v) is 4.67. The van der Waals surface area contributed by atoms with E-state index in [4.69, 9.17) is 4.74 Å². The van der Waals surface area contributed by atoms with Crippen LogP contribution in [0.4, 0.5) is 0 Å². The molecule has 0 aliphatic carbocycles. The van der Waals surface area contributed by atoms with Crippen LogP contribution in [-0.2, 0) is 11.2 Å². The van der Waals surface area contributed by atoms with Gasteiger partial charge in [0.2, 0.25) is 0 Å². The SMILES string of the molecule is CCOC(=O)c1cnc(Cc2cccc(C)c2)nc1C. The third-order valence-corrected chi connectivity index (χ3v) is 2.97. The molecule has 0 saturated heterocycles. The van der Waals surface area contributed by atoms with Crippen LogP contribution in [0.5, 0.6) is 0 Å². The molecule has 0 aliphatic heterocycles. The molecule has 104 valence electrons. The molecular weight excluding hydrogens is 252 g/mol. The van der Waals surface area contributed by atoms with Gasteiger partial charge in [0.1, 0.15) is 5.82 Å². The van der Waals surface area contributed by atoms with Crippen LogP contribution in [0.1, 0.15) is 39.9 Å². The summed E-state index contributed by atoms with van der Waals surface area (Å²) in [7, 11) is 0. The van der Waals surface area contributed by atoms with Gasteiger partial charge < -0.3 is 4.74 Å². The van der Waals surface area contributed by atoms with Gasteiger partial charge in [0.25, 0.3) is 0 Å². The fourth-order valence-electron chi connectivity index (χ4n) is 2.01. The Kier molecular flexibility index (Phi) is 4.45. The summed E-state index contributed by atoms with van der Waals surface area (Å²) in [5.41, 5.74) is 3.46. The fourth-order valence-corrected chi connectivity index (χ4v) is 2.01. The Bertz CT molecular complexity index is 624. The van der Waals surface area contributed by atoms with Crippen molar-refractivity contribution >= 4 is 5.97 Å². The van der Waals surface area contributed by atoms with Crippen molar-refractivity contribution in [1.29, 1.82) is 0 Å². The maximum Gasteiger partial charge on any atom is 0.341 e. The van der Waals surface area contributed by atoms with E-state index in [1.54, 1.807) is 20.0 Å². The van der Waals surface area contributed by atoms with Crippen LogP contribution in [0.2, 0.25) is 0 Å². The van der Waals surface area contributed by atoms with E-state index in [1.807, 2.05) is 12.1 Å². The van der Waals surface area contributed by atoms with Gasteiger partial charge in [-0.3, -0.25) is 0 Å². The number of nitrogens with zero attached hydrogens (tertiary/aromatic N) is 2. The van der Waals surface area contributed by atoms with Crippen LogP contribution in [0.25, 0.3) is 0 Å². The molecule has 1 heterocycles. The molecule has 0 aliphatic rings. The number of aryl methyl sites for hydroxylation is 2. The van der Waals surface area contributed by atoms with E-state index in [0.29, 0.717) is 30.1 Å². The molecule has 0 N–H and O–H groups in total. The molecule has 20 heavy (non-hydrogen) atoms. The molecule has 4 nitrogen and oxygen atoms in total. The lowest BCUT2D eigenvalue weighted by Gasteiger charge is -2.07. The average Bonchev–Trinajstić information content (AvgIpc) is 2.39. The van der Waals surface area contributed by atoms with Gasteiger partial charge in [-0.2, -0.15) is 0 Å². The maximum absolute atomic E-state index is 11.7. The number of aromatic nitrogens is 2. The molecule has 0 atom stereocenters. The van der Waals surface area contributed by atoms with Gasteiger partial charge in [-0.1, -0.05) is 29.8 Å². The van der Waals surface area contributed by atoms with E-state index in [2.05, 4.69) is 29.0 Å². The minimum atomic E-state index is -0.368. The normalized spacial score (nSPS) is 10.3. The standard InChI is InChI=1S/C16H18N2O2/c1-4-20-16(19)14-10-17-15(18-12(14)3)9-13-7-5-6-11(2)8-13/h5-8,10H,4,9H2,1-3H3. The molecule has 2 aromatic rings. The first kappa shape index (κ1) is 14.2. The number of hydrogen-bond acceptors (Lipinski definition) is 4. The second-order valence-electron chi connectivity index (χ2n) is 4.67. The Balaban J connectivity index is 2.19. The summed E-state index contributed by atoms with van der Waals surface area (Å²) in [6.07, 6.45) is 2.21. The van der Waals surface area contributed by atoms with E-state index < -0.39 is 0 Å². The minimum absolute atomic E-state index is 0.351. The van der Waals surface area contributed by atoms with Crippen molar-refractivity contribution in [3.8, 4) is 0 Å². The Morgan fingerprint density at radius 2 is 2.10 bits per heavy atom. The number of rotatable bonds is 4. The molecule has 0 unspecified atom stereocenters. The summed E-state index contributed by atoms with van der Waals surface area (Å²) >= 11 is 0. The molecule has 0 fully saturated rings. The molecule has 2 rings (SSSR count). The van der Waals surface area contributed by atoms with E-state index in [0.717, 1.165) is 5.56 Å². The molecule has 4 heteroatoms. The number of ether oxygens (including phenoxy) is 1. The number of hydrogen-bond donors (Lipinski definition) is 0. The highest BCUT2D eigenvalue weighted by Crippen LogP contribution is 2.11. The van der Waals surface area contributed by atoms with Crippen molar-refractivity contribution in [2.75, 3.05) is 6.61 Å². The molecule has 1 aromatic heterocycles. The monoisotopic (exact) mass is 270 g/mol. The van der Waals surface area contributed by atoms with Gasteiger partial charge >= 0.3 is 5.97 Å². The number of benzene rings is 1. The van der Waals surface area contributed by atoms with Crippen LogP contribution in [-0.4, -0.2) is 22.5 Å². The molecule has 0 bridgehead atoms. The number of esters is 1. The Morgan fingerprint density at radius 3 is 2.75 bits per heavy atom. The lowest BCUT2D eigenvalue weighted by molar-refractivity contribution is 0.0524. The predicted octanol–water partition coefficient (Wildman–Crippen LogP) is 2.86. The van der Waals surface area contributed by atoms with Crippen molar-refractivity contribution in [1.82, 2.24) is 9.97 Å². The highest BCUT2D eigenvalue weighted by atomic mass is 16.5. The van der Waals surface area contributed by atoms with Gasteiger partial charge in [0, 0.05) is 12.6 Å². The maximum atomic E-state index is 11.7. The summed E-state index contributed by atoms with van der Waals surface area (Å²) < 4.78 is 4.96. The van der Waals surface area contributed by atoms with Gasteiger partial charge in [-0.15, -0.1) is 0 Å². The van der Waals surface area contributed by atoms with Crippen molar-refractivity contribution in [3.05, 3.63) is 58.7 Å². The third-order valence-electron chi connectivity index (χ3n) is 2.97. The summed E-state index contributed by atoms with van der Waals surface area (Å²) in [5, 5.41) is 0. The van der Waals surface area contributed by atoms with Gasteiger partial charge in [0.15, 0.2) is 0 Å². The van der Waals surface area contributed by atoms with Gasteiger partial charge in [-0.05, 0) is 26.3 Å². The minimum Gasteiger partial charge on any atom is -0.462 e. The number of carbonyl (C=O) groups excluding carboxylic acids is 1. The quantitative estimate of drug-likeness (QED) is 0.802. The first-order chi connectivity index (χ1) is 9.60. The Hall–Kier alpha value is -2.23. The highest BCUT2D eigenvalue weighted by molar-refractivity contribution is 5.90. The van der Waals surface area contributed by atoms with E-state index in [-0.39, 0.29) is 5.97 Å². The van der Waals surface area contributed by atoms with Crippen molar-refractivity contribution in [2.24, 2.45) is 0 Å². The van der Waals surface area contributed by atoms with Crippen LogP contribution in [0, 0.1) is 13.8 Å². The second kappa shape index (κ2) is 6.28. The third kappa shape index (κ3) is 3.41. The lowest BCUT2D eigenvalue weighted by atomic mass is 10.1. The van der Waals surface area contributed by atoms with E-state index in [9.17, 15) is 4.79 Å². The van der Waals surface area contributed by atoms with Crippen molar-refractivity contribution in [3.63, 3.8) is 0 Å². The summed E-state index contributed by atoms with van der Waals surface area (Å²) in [6.45, 7) is 5.98. The molecule has 0 amide bonds. The van der Waals surface area contributed by atoms with E-state index in [1.165, 1.54) is 5.56 Å². The fraction of sp³-hybridized carbons (Fsp3) is 0.312. The molecule has 0 radical (unpaired) electrons. The van der Waals surface area contributed by atoms with Crippen molar-refractivity contribution in [2.45, 2.75) is 27.2 Å². The highest BCUT2D eigenvalue weighted by Gasteiger charge is 2.12. The van der Waals surface area contributed by atoms with Crippen LogP contribution in [0.15, 0.2) is 30.5 Å². The first-order valence-electron chi connectivity index (χ1n) is 6.65. The summed E-state index contributed by atoms with van der Waals surface area (Å²) in [6, 6.07) is 8.23. The zero-order valence-corrected chi connectivity index (χ0v) is 12.0. The largest absolute Gasteiger partial charge is 0.462 e. The molecule has 1 aromatic carbocycles. The molecule has 0 saturated carbocycles. The Labute approximate surface area is 118 Å². The predicted molar refractivity (Wildman–Crippen MR) is 76.7 cm³/mol. The lowest BCUT2D eigenvalue weighted by Crippen LogP contribution is -2.10. The topological polar surface area (TPSA) is 52.1 Å². The van der Waals surface area contributed by atoms with E-state index >= 15 is 0 Å². The zero-order chi connectivity index (χ0) is 14.5. The van der Waals surface area contributed by atoms with Gasteiger partial charge in [-0.25, -0.2) is 14.8 Å². The van der Waals surface area contributed by atoms with Crippen LogP contribution in [0.3, 0.4) is 0 Å². The van der Waals surface area contributed by atoms with Crippen molar-refractivity contribution < 1.29 is 9.53 Å². The zero-order valence-electron chi connectivity index (χ0n) is 12.0. The molecular formula is C16H18N2O2. The smallest absolute Gasteiger partial charge is 0.341 e. The Morgan fingerprint density at radius 1 is 1.30 bits per heavy atom. The number of carbonyl (C=O) groups is 1. The van der Waals surface area contributed by atoms with Crippen LogP contribution < -0.4 is 0 Å².